The summed E-state index contributed by atoms with van der Waals surface area (Å²) in [6.07, 6.45) is 1.71. The van der Waals surface area contributed by atoms with Gasteiger partial charge in [0.2, 0.25) is 0 Å². The quantitative estimate of drug-likeness (QED) is 0.933. The summed E-state index contributed by atoms with van der Waals surface area (Å²) in [5.41, 5.74) is 2.03. The number of hydrogen-bond acceptors (Lipinski definition) is 3. The molecule has 2 atom stereocenters. The van der Waals surface area contributed by atoms with E-state index in [1.165, 1.54) is 0 Å². The zero-order valence-electron chi connectivity index (χ0n) is 13.6. The molecular weight excluding hydrogens is 298 g/mol. The van der Waals surface area contributed by atoms with Crippen LogP contribution in [0, 0.1) is 17.8 Å². The third-order valence-corrected chi connectivity index (χ3v) is 6.00. The van der Waals surface area contributed by atoms with Gasteiger partial charge in [0, 0.05) is 17.5 Å². The topological polar surface area (TPSA) is 38.3 Å². The lowest BCUT2D eigenvalue weighted by atomic mass is 9.83. The number of ketones is 1. The van der Waals surface area contributed by atoms with Crippen molar-refractivity contribution in [3.63, 3.8) is 0 Å². The molecule has 3 nitrogen and oxygen atoms in total. The summed E-state index contributed by atoms with van der Waals surface area (Å²) in [6, 6.07) is 15.9. The Hall–Kier alpha value is -2.13. The predicted octanol–water partition coefficient (Wildman–Crippen LogP) is 3.74. The predicted molar refractivity (Wildman–Crippen MR) is 92.4 cm³/mol. The molecule has 0 aromatic heterocycles. The fraction of sp³-hybridized carbons (Fsp3) is 0.381. The Bertz CT molecular complexity index is 744. The van der Waals surface area contributed by atoms with E-state index in [4.69, 9.17) is 4.74 Å². The second-order valence-corrected chi connectivity index (χ2v) is 7.27. The van der Waals surface area contributed by atoms with Crippen LogP contribution in [0.25, 0.3) is 0 Å². The molecule has 1 saturated heterocycles. The van der Waals surface area contributed by atoms with E-state index in [1.807, 2.05) is 48.5 Å². The second kappa shape index (κ2) is 5.45. The van der Waals surface area contributed by atoms with Crippen molar-refractivity contribution in [2.75, 3.05) is 13.1 Å². The summed E-state index contributed by atoms with van der Waals surface area (Å²) in [4.78, 5) is 13.1. The van der Waals surface area contributed by atoms with Gasteiger partial charge < -0.3 is 10.1 Å². The van der Waals surface area contributed by atoms with Crippen molar-refractivity contribution in [1.82, 2.24) is 5.32 Å². The van der Waals surface area contributed by atoms with Gasteiger partial charge in [-0.2, -0.15) is 0 Å². The monoisotopic (exact) mass is 319 g/mol. The van der Waals surface area contributed by atoms with Crippen LogP contribution in [0.2, 0.25) is 0 Å². The highest BCUT2D eigenvalue weighted by atomic mass is 16.5. The van der Waals surface area contributed by atoms with Crippen molar-refractivity contribution >= 4 is 5.78 Å². The van der Waals surface area contributed by atoms with E-state index >= 15 is 0 Å². The molecule has 0 radical (unpaired) electrons. The standard InChI is InChI=1S/C21H21NO2/c23-18(10-9-13-16-11-22-12-17(13)16)21-14-5-1-3-7-19(14)24-20-8-4-2-6-15(20)21/h1-8,13,16-17,21-22H,9-12H2. The van der Waals surface area contributed by atoms with E-state index in [1.54, 1.807) is 0 Å². The minimum Gasteiger partial charge on any atom is -0.457 e. The number of carbonyl (C=O) groups is 1. The molecule has 122 valence electrons. The van der Waals surface area contributed by atoms with Gasteiger partial charge in [-0.3, -0.25) is 4.79 Å². The number of rotatable bonds is 4. The molecule has 2 aromatic carbocycles. The van der Waals surface area contributed by atoms with Crippen LogP contribution in [0.4, 0.5) is 0 Å². The van der Waals surface area contributed by atoms with Crippen molar-refractivity contribution < 1.29 is 9.53 Å². The van der Waals surface area contributed by atoms with Gasteiger partial charge in [-0.05, 0) is 49.4 Å². The van der Waals surface area contributed by atoms with Gasteiger partial charge in [0.05, 0.1) is 5.92 Å². The number of nitrogens with one attached hydrogen (secondary N) is 1. The van der Waals surface area contributed by atoms with E-state index in [0.29, 0.717) is 12.2 Å². The summed E-state index contributed by atoms with van der Waals surface area (Å²) < 4.78 is 6.00. The zero-order valence-corrected chi connectivity index (χ0v) is 13.6. The summed E-state index contributed by atoms with van der Waals surface area (Å²) in [7, 11) is 0. The van der Waals surface area contributed by atoms with E-state index in [0.717, 1.165) is 59.9 Å². The van der Waals surface area contributed by atoms with Crippen LogP contribution in [-0.4, -0.2) is 18.9 Å². The summed E-state index contributed by atoms with van der Waals surface area (Å²) in [6.45, 7) is 2.29. The van der Waals surface area contributed by atoms with Gasteiger partial charge in [0.25, 0.3) is 0 Å². The van der Waals surface area contributed by atoms with Crippen molar-refractivity contribution in [2.45, 2.75) is 18.8 Å². The molecule has 2 unspecified atom stereocenters. The first-order chi connectivity index (χ1) is 11.8. The number of ether oxygens (including phenoxy) is 1. The molecule has 0 spiro atoms. The van der Waals surface area contributed by atoms with Crippen molar-refractivity contribution in [2.24, 2.45) is 17.8 Å². The van der Waals surface area contributed by atoms with Gasteiger partial charge in [-0.25, -0.2) is 0 Å². The SMILES string of the molecule is O=C(CCC1C2CNCC12)C1c2ccccc2Oc2ccccc21. The normalized spacial score (nSPS) is 26.9. The van der Waals surface area contributed by atoms with Gasteiger partial charge in [-0.15, -0.1) is 0 Å². The third-order valence-electron chi connectivity index (χ3n) is 6.00. The molecule has 5 rings (SSSR count). The third kappa shape index (κ3) is 2.19. The fourth-order valence-electron chi connectivity index (χ4n) is 4.68. The minimum atomic E-state index is -0.178. The average molecular weight is 319 g/mol. The summed E-state index contributed by atoms with van der Waals surface area (Å²) in [5.74, 6) is 4.21. The molecule has 24 heavy (non-hydrogen) atoms. The Balaban J connectivity index is 1.41. The van der Waals surface area contributed by atoms with Crippen molar-refractivity contribution in [1.29, 1.82) is 0 Å². The number of fused-ring (bicyclic) bond motifs is 3. The first-order valence-corrected chi connectivity index (χ1v) is 8.92. The lowest BCUT2D eigenvalue weighted by molar-refractivity contribution is -0.120. The highest BCUT2D eigenvalue weighted by Gasteiger charge is 2.52. The largest absolute Gasteiger partial charge is 0.457 e. The number of carbonyl (C=O) groups excluding carboxylic acids is 1. The Morgan fingerprint density at radius 2 is 1.54 bits per heavy atom. The second-order valence-electron chi connectivity index (χ2n) is 7.27. The maximum absolute atomic E-state index is 13.1. The Morgan fingerprint density at radius 1 is 0.958 bits per heavy atom. The fourth-order valence-corrected chi connectivity index (χ4v) is 4.68. The van der Waals surface area contributed by atoms with E-state index in [-0.39, 0.29) is 5.92 Å². The first kappa shape index (κ1) is 14.2. The average Bonchev–Trinajstić information content (AvgIpc) is 3.04. The van der Waals surface area contributed by atoms with Crippen LogP contribution < -0.4 is 10.1 Å². The van der Waals surface area contributed by atoms with Crippen LogP contribution in [-0.2, 0) is 4.79 Å². The highest BCUT2D eigenvalue weighted by Crippen LogP contribution is 2.52. The molecule has 2 fully saturated rings. The summed E-state index contributed by atoms with van der Waals surface area (Å²) >= 11 is 0. The maximum atomic E-state index is 13.1. The molecule has 0 bridgehead atoms. The molecule has 2 aromatic rings. The van der Waals surface area contributed by atoms with Crippen molar-refractivity contribution in [3.05, 3.63) is 59.7 Å². The molecule has 2 heterocycles. The highest BCUT2D eigenvalue weighted by molar-refractivity contribution is 5.91. The smallest absolute Gasteiger partial charge is 0.145 e. The molecule has 3 heteroatoms. The van der Waals surface area contributed by atoms with E-state index in [2.05, 4.69) is 5.32 Å². The van der Waals surface area contributed by atoms with Crippen LogP contribution in [0.5, 0.6) is 11.5 Å². The van der Waals surface area contributed by atoms with E-state index in [9.17, 15) is 4.79 Å². The molecule has 1 N–H and O–H groups in total. The Morgan fingerprint density at radius 3 is 2.17 bits per heavy atom. The Kier molecular flexibility index (Phi) is 3.23. The first-order valence-electron chi connectivity index (χ1n) is 8.92. The van der Waals surface area contributed by atoms with Crippen LogP contribution >= 0.6 is 0 Å². The van der Waals surface area contributed by atoms with Gasteiger partial charge in [0.1, 0.15) is 17.3 Å². The number of benzene rings is 2. The van der Waals surface area contributed by atoms with E-state index < -0.39 is 0 Å². The number of hydrogen-bond donors (Lipinski definition) is 1. The van der Waals surface area contributed by atoms with Crippen LogP contribution in [0.15, 0.2) is 48.5 Å². The van der Waals surface area contributed by atoms with Crippen LogP contribution in [0.3, 0.4) is 0 Å². The minimum absolute atomic E-state index is 0.178. The molecular formula is C21H21NO2. The zero-order chi connectivity index (χ0) is 16.1. The molecule has 2 aliphatic heterocycles. The molecule has 3 aliphatic rings. The number of piperidine rings is 1. The van der Waals surface area contributed by atoms with Gasteiger partial charge in [0.15, 0.2) is 0 Å². The lowest BCUT2D eigenvalue weighted by Gasteiger charge is -2.27. The lowest BCUT2D eigenvalue weighted by Crippen LogP contribution is -2.20. The number of Topliss-reactive ketones (excluding diaryl/α,β-unsaturated/α-hetero) is 1. The molecule has 1 saturated carbocycles. The Labute approximate surface area is 142 Å². The maximum Gasteiger partial charge on any atom is 0.145 e. The molecule has 1 aliphatic carbocycles. The number of para-hydroxylation sites is 2. The van der Waals surface area contributed by atoms with Gasteiger partial charge >= 0.3 is 0 Å². The van der Waals surface area contributed by atoms with Crippen molar-refractivity contribution in [3.8, 4) is 11.5 Å². The summed E-state index contributed by atoms with van der Waals surface area (Å²) in [5, 5.41) is 3.43. The van der Waals surface area contributed by atoms with Gasteiger partial charge in [-0.1, -0.05) is 36.4 Å². The molecule has 0 amide bonds. The van der Waals surface area contributed by atoms with Crippen LogP contribution in [0.1, 0.15) is 29.9 Å².